The van der Waals surface area contributed by atoms with Crippen LogP contribution in [0.2, 0.25) is 0 Å². The molecule has 2 N–H and O–H groups in total. The number of thioether (sulfide) groups is 1. The highest BCUT2D eigenvalue weighted by Crippen LogP contribution is 2.28. The molecule has 1 aromatic rings. The van der Waals surface area contributed by atoms with Crippen LogP contribution in [0.3, 0.4) is 0 Å². The van der Waals surface area contributed by atoms with Gasteiger partial charge in [-0.3, -0.25) is 0 Å². The zero-order valence-corrected chi connectivity index (χ0v) is 11.6. The molecule has 1 heterocycles. The van der Waals surface area contributed by atoms with Gasteiger partial charge in [-0.1, -0.05) is 19.9 Å². The van der Waals surface area contributed by atoms with E-state index in [4.69, 9.17) is 10.7 Å². The van der Waals surface area contributed by atoms with Crippen LogP contribution in [0.15, 0.2) is 11.1 Å². The summed E-state index contributed by atoms with van der Waals surface area (Å²) in [5.74, 6) is 1.91. The molecule has 2 rings (SSSR count). The van der Waals surface area contributed by atoms with Crippen LogP contribution in [-0.2, 0) is 19.4 Å². The first-order chi connectivity index (χ1) is 8.20. The molecule has 17 heavy (non-hydrogen) atoms. The Hall–Kier alpha value is -0.540. The number of hydrogen-bond acceptors (Lipinski definition) is 3. The molecule has 0 amide bonds. The van der Waals surface area contributed by atoms with Crippen LogP contribution in [0.1, 0.15) is 43.5 Å². The van der Waals surface area contributed by atoms with Crippen LogP contribution in [-0.4, -0.2) is 10.7 Å². The Balaban J connectivity index is 2.09. The molecule has 0 saturated heterocycles. The van der Waals surface area contributed by atoms with Crippen molar-refractivity contribution in [2.24, 2.45) is 11.7 Å². The minimum absolute atomic E-state index is 0.615. The highest BCUT2D eigenvalue weighted by atomic mass is 32.2. The van der Waals surface area contributed by atoms with Crippen LogP contribution in [0, 0.1) is 5.92 Å². The summed E-state index contributed by atoms with van der Waals surface area (Å²) in [6, 6.07) is 2.28. The quantitative estimate of drug-likeness (QED) is 0.816. The van der Waals surface area contributed by atoms with Crippen molar-refractivity contribution in [1.82, 2.24) is 4.98 Å². The summed E-state index contributed by atoms with van der Waals surface area (Å²) < 4.78 is 0. The summed E-state index contributed by atoms with van der Waals surface area (Å²) in [5.41, 5.74) is 9.80. The van der Waals surface area contributed by atoms with Crippen molar-refractivity contribution in [1.29, 1.82) is 0 Å². The molecule has 2 nitrogen and oxygen atoms in total. The summed E-state index contributed by atoms with van der Waals surface area (Å²) in [4.78, 5) is 4.80. The van der Waals surface area contributed by atoms with Gasteiger partial charge in [-0.05, 0) is 48.5 Å². The minimum Gasteiger partial charge on any atom is -0.326 e. The van der Waals surface area contributed by atoms with Gasteiger partial charge in [0.15, 0.2) is 0 Å². The Labute approximate surface area is 108 Å². The fourth-order valence-corrected chi connectivity index (χ4v) is 3.45. The molecular formula is C14H22N2S. The lowest BCUT2D eigenvalue weighted by Crippen LogP contribution is -2.04. The molecule has 0 aromatic carbocycles. The Morgan fingerprint density at radius 1 is 1.41 bits per heavy atom. The Morgan fingerprint density at radius 3 is 2.94 bits per heavy atom. The Bertz CT molecular complexity index is 388. The Morgan fingerprint density at radius 2 is 2.24 bits per heavy atom. The molecule has 3 heteroatoms. The maximum Gasteiger partial charge on any atom is 0.101 e. The maximum absolute atomic E-state index is 5.82. The molecule has 0 bridgehead atoms. The molecule has 0 atom stereocenters. The fraction of sp³-hybridized carbons (Fsp3) is 0.643. The van der Waals surface area contributed by atoms with E-state index in [-0.39, 0.29) is 0 Å². The molecular weight excluding hydrogens is 228 g/mol. The van der Waals surface area contributed by atoms with Crippen LogP contribution in [0.4, 0.5) is 0 Å². The second-order valence-corrected chi connectivity index (χ2v) is 6.23. The standard InChI is InChI=1S/C14H22N2S/c1-10(2)6-7-17-14-12(9-15)8-11-4-3-5-13(11)16-14/h8,10H,3-7,9,15H2,1-2H3. The highest BCUT2D eigenvalue weighted by molar-refractivity contribution is 7.99. The molecule has 0 unspecified atom stereocenters. The maximum atomic E-state index is 5.82. The van der Waals surface area contributed by atoms with Crippen molar-refractivity contribution in [2.75, 3.05) is 5.75 Å². The van der Waals surface area contributed by atoms with Crippen molar-refractivity contribution in [3.8, 4) is 0 Å². The smallest absolute Gasteiger partial charge is 0.101 e. The number of aromatic nitrogens is 1. The summed E-state index contributed by atoms with van der Waals surface area (Å²) in [5, 5.41) is 1.17. The minimum atomic E-state index is 0.615. The van der Waals surface area contributed by atoms with E-state index in [0.717, 1.165) is 18.1 Å². The number of fused-ring (bicyclic) bond motifs is 1. The van der Waals surface area contributed by atoms with Gasteiger partial charge < -0.3 is 5.73 Å². The van der Waals surface area contributed by atoms with E-state index >= 15 is 0 Å². The van der Waals surface area contributed by atoms with E-state index in [1.54, 1.807) is 0 Å². The van der Waals surface area contributed by atoms with E-state index < -0.39 is 0 Å². The van der Waals surface area contributed by atoms with Crippen LogP contribution >= 0.6 is 11.8 Å². The third-order valence-electron chi connectivity index (χ3n) is 3.24. The molecule has 1 aromatic heterocycles. The topological polar surface area (TPSA) is 38.9 Å². The third-order valence-corrected chi connectivity index (χ3v) is 4.31. The first-order valence-corrected chi connectivity index (χ1v) is 7.53. The number of rotatable bonds is 5. The lowest BCUT2D eigenvalue weighted by atomic mass is 10.1. The average Bonchev–Trinajstić information content (AvgIpc) is 2.74. The number of nitrogens with two attached hydrogens (primary N) is 1. The second kappa shape index (κ2) is 5.87. The van der Waals surface area contributed by atoms with Crippen LogP contribution in [0.5, 0.6) is 0 Å². The summed E-state index contributed by atoms with van der Waals surface area (Å²) in [6.07, 6.45) is 4.84. The molecule has 0 saturated carbocycles. The summed E-state index contributed by atoms with van der Waals surface area (Å²) in [6.45, 7) is 5.14. The van der Waals surface area contributed by atoms with Gasteiger partial charge in [0, 0.05) is 12.2 Å². The van der Waals surface area contributed by atoms with Crippen molar-refractivity contribution in [3.05, 3.63) is 22.9 Å². The largest absolute Gasteiger partial charge is 0.326 e. The molecule has 0 aliphatic heterocycles. The predicted molar refractivity (Wildman–Crippen MR) is 74.3 cm³/mol. The van der Waals surface area contributed by atoms with E-state index in [1.807, 2.05) is 11.8 Å². The van der Waals surface area contributed by atoms with Crippen LogP contribution < -0.4 is 5.73 Å². The number of nitrogens with zero attached hydrogens (tertiary/aromatic N) is 1. The van der Waals surface area contributed by atoms with Gasteiger partial charge in [0.25, 0.3) is 0 Å². The average molecular weight is 250 g/mol. The molecule has 1 aliphatic rings. The summed E-state index contributed by atoms with van der Waals surface area (Å²) >= 11 is 1.87. The lowest BCUT2D eigenvalue weighted by Gasteiger charge is -2.10. The van der Waals surface area contributed by atoms with Gasteiger partial charge in [-0.25, -0.2) is 4.98 Å². The first-order valence-electron chi connectivity index (χ1n) is 6.55. The fourth-order valence-electron chi connectivity index (χ4n) is 2.16. The second-order valence-electron chi connectivity index (χ2n) is 5.15. The van der Waals surface area contributed by atoms with E-state index in [0.29, 0.717) is 6.54 Å². The number of aryl methyl sites for hydroxylation is 2. The van der Waals surface area contributed by atoms with Gasteiger partial charge in [-0.2, -0.15) is 0 Å². The number of hydrogen-bond donors (Lipinski definition) is 1. The third kappa shape index (κ3) is 3.23. The van der Waals surface area contributed by atoms with E-state index in [1.165, 1.54) is 41.1 Å². The zero-order chi connectivity index (χ0) is 12.3. The van der Waals surface area contributed by atoms with Gasteiger partial charge in [0.1, 0.15) is 5.03 Å². The van der Waals surface area contributed by atoms with Crippen molar-refractivity contribution in [3.63, 3.8) is 0 Å². The zero-order valence-electron chi connectivity index (χ0n) is 10.8. The van der Waals surface area contributed by atoms with Crippen LogP contribution in [0.25, 0.3) is 0 Å². The van der Waals surface area contributed by atoms with Crippen molar-refractivity contribution < 1.29 is 0 Å². The first kappa shape index (κ1) is 12.9. The highest BCUT2D eigenvalue weighted by Gasteiger charge is 2.15. The monoisotopic (exact) mass is 250 g/mol. The van der Waals surface area contributed by atoms with Crippen molar-refractivity contribution in [2.45, 2.75) is 51.1 Å². The molecule has 0 radical (unpaired) electrons. The Kier molecular flexibility index (Phi) is 4.46. The number of pyridine rings is 1. The lowest BCUT2D eigenvalue weighted by molar-refractivity contribution is 0.631. The van der Waals surface area contributed by atoms with E-state index in [9.17, 15) is 0 Å². The van der Waals surface area contributed by atoms with Gasteiger partial charge in [-0.15, -0.1) is 11.8 Å². The van der Waals surface area contributed by atoms with Gasteiger partial charge in [0.2, 0.25) is 0 Å². The normalized spacial score (nSPS) is 14.4. The SMILES string of the molecule is CC(C)CCSc1nc2c(cc1CN)CCC2. The molecule has 0 spiro atoms. The van der Waals surface area contributed by atoms with Gasteiger partial charge >= 0.3 is 0 Å². The summed E-state index contributed by atoms with van der Waals surface area (Å²) in [7, 11) is 0. The molecule has 0 fully saturated rings. The predicted octanol–water partition coefficient (Wildman–Crippen LogP) is 3.17. The van der Waals surface area contributed by atoms with E-state index in [2.05, 4.69) is 19.9 Å². The van der Waals surface area contributed by atoms with Crippen molar-refractivity contribution >= 4 is 11.8 Å². The molecule has 94 valence electrons. The van der Waals surface area contributed by atoms with Gasteiger partial charge in [0.05, 0.1) is 0 Å². The molecule has 1 aliphatic carbocycles.